The Morgan fingerprint density at radius 3 is 2.34 bits per heavy atom. The van der Waals surface area contributed by atoms with Gasteiger partial charge in [-0.05, 0) is 63.2 Å². The van der Waals surface area contributed by atoms with Crippen molar-refractivity contribution < 1.29 is 14.5 Å². The second-order valence-electron chi connectivity index (χ2n) is 6.70. The summed E-state index contributed by atoms with van der Waals surface area (Å²) in [4.78, 5) is 27.3. The van der Waals surface area contributed by atoms with Crippen LogP contribution in [-0.2, 0) is 14.5 Å². The predicted molar refractivity (Wildman–Crippen MR) is 122 cm³/mol. The summed E-state index contributed by atoms with van der Waals surface area (Å²) in [6.45, 7) is 0.641. The smallest absolute Gasteiger partial charge is 0.234 e. The Morgan fingerprint density at radius 2 is 1.72 bits per heavy atom. The fourth-order valence-corrected chi connectivity index (χ4v) is 5.73. The van der Waals surface area contributed by atoms with Gasteiger partial charge in [-0.2, -0.15) is 0 Å². The fourth-order valence-electron chi connectivity index (χ4n) is 2.98. The molecule has 0 aromatic carbocycles. The molecule has 0 saturated heterocycles. The van der Waals surface area contributed by atoms with Crippen molar-refractivity contribution >= 4 is 71.9 Å². The van der Waals surface area contributed by atoms with Gasteiger partial charge in [-0.25, -0.2) is 0 Å². The van der Waals surface area contributed by atoms with E-state index in [9.17, 15) is 4.79 Å². The molecule has 1 N–H and O–H groups in total. The zero-order valence-corrected chi connectivity index (χ0v) is 20.2. The van der Waals surface area contributed by atoms with Crippen LogP contribution in [0.2, 0.25) is 0 Å². The summed E-state index contributed by atoms with van der Waals surface area (Å²) in [5.41, 5.74) is 1.82. The van der Waals surface area contributed by atoms with Crippen molar-refractivity contribution in [2.24, 2.45) is 10.3 Å². The molecular weight excluding hydrogens is 544 g/mol. The van der Waals surface area contributed by atoms with Gasteiger partial charge >= 0.3 is 0 Å². The van der Waals surface area contributed by atoms with Gasteiger partial charge in [0.15, 0.2) is 6.23 Å². The molecule has 0 saturated carbocycles. The molecule has 2 aromatic heterocycles. The highest BCUT2D eigenvalue weighted by Gasteiger charge is 2.28. The molecule has 1 amide bonds. The number of rotatable bonds is 7. The van der Waals surface area contributed by atoms with Crippen LogP contribution in [-0.4, -0.2) is 54.7 Å². The summed E-state index contributed by atoms with van der Waals surface area (Å²) in [6.07, 6.45) is 0.944. The van der Waals surface area contributed by atoms with E-state index in [1.807, 2.05) is 36.2 Å². The number of thiophene rings is 2. The van der Waals surface area contributed by atoms with Crippen LogP contribution in [0.15, 0.2) is 42.1 Å². The Kier molecular flexibility index (Phi) is 6.69. The first-order valence-corrected chi connectivity index (χ1v) is 12.1. The first-order chi connectivity index (χ1) is 14.0. The Hall–Kier alpha value is -1.27. The maximum atomic E-state index is 12.3. The topological polar surface area (TPSA) is 75.5 Å². The summed E-state index contributed by atoms with van der Waals surface area (Å²) in [6, 6.07) is 8.01. The van der Waals surface area contributed by atoms with E-state index in [0.29, 0.717) is 19.4 Å². The standard InChI is InChI=1S/C18H18Br2N4O3S2/c1-24(18-7-12(23-27-18)14-3-5-16(20)29-14)9-17(25)21-8-10-6-11(22-26-10)13-2-4-15(19)28-13/h2-5,10,18H,6-9H2,1H3,(H,21,25). The fraction of sp³-hybridized carbons (Fsp3) is 0.389. The van der Waals surface area contributed by atoms with Crippen LogP contribution in [0.1, 0.15) is 22.6 Å². The SMILES string of the molecule is CN(CC(=O)NCC1CC(c2ccc(Br)s2)=NO1)C1CC(c2ccc(Br)s2)=NO1. The minimum atomic E-state index is -0.244. The van der Waals surface area contributed by atoms with Crippen LogP contribution in [0, 0.1) is 0 Å². The second-order valence-corrected chi connectivity index (χ2v) is 11.6. The number of halogens is 2. The lowest BCUT2D eigenvalue weighted by atomic mass is 10.1. The monoisotopic (exact) mass is 560 g/mol. The van der Waals surface area contributed by atoms with Gasteiger partial charge in [-0.1, -0.05) is 10.3 Å². The van der Waals surface area contributed by atoms with Crippen molar-refractivity contribution in [1.82, 2.24) is 10.2 Å². The van der Waals surface area contributed by atoms with Gasteiger partial charge in [0.1, 0.15) is 17.5 Å². The molecule has 0 bridgehead atoms. The van der Waals surface area contributed by atoms with Crippen LogP contribution in [0.4, 0.5) is 0 Å². The number of nitrogens with zero attached hydrogens (tertiary/aromatic N) is 3. The third-order valence-electron chi connectivity index (χ3n) is 4.51. The summed E-state index contributed by atoms with van der Waals surface area (Å²) in [5.74, 6) is -0.0839. The molecule has 2 aromatic rings. The van der Waals surface area contributed by atoms with Gasteiger partial charge in [-0.3, -0.25) is 9.69 Å². The Morgan fingerprint density at radius 1 is 1.10 bits per heavy atom. The van der Waals surface area contributed by atoms with Crippen LogP contribution >= 0.6 is 54.5 Å². The molecule has 4 rings (SSSR count). The Balaban J connectivity index is 1.19. The average Bonchev–Trinajstić information content (AvgIpc) is 3.46. The molecule has 0 radical (unpaired) electrons. The van der Waals surface area contributed by atoms with Crippen molar-refractivity contribution in [3.63, 3.8) is 0 Å². The van der Waals surface area contributed by atoms with E-state index in [4.69, 9.17) is 9.68 Å². The third-order valence-corrected chi connectivity index (χ3v) is 7.86. The number of oxime groups is 2. The van der Waals surface area contributed by atoms with E-state index in [0.717, 1.165) is 28.8 Å². The number of hydrogen-bond donors (Lipinski definition) is 1. The summed E-state index contributed by atoms with van der Waals surface area (Å²) in [7, 11) is 1.86. The normalized spacial score (nSPS) is 21.0. The molecular formula is C18H18Br2N4O3S2. The summed E-state index contributed by atoms with van der Waals surface area (Å²) < 4.78 is 2.11. The third kappa shape index (κ3) is 5.26. The van der Waals surface area contributed by atoms with Gasteiger partial charge in [-0.15, -0.1) is 22.7 Å². The summed E-state index contributed by atoms with van der Waals surface area (Å²) >= 11 is 10.1. The molecule has 11 heteroatoms. The number of likely N-dealkylation sites (N-methyl/N-ethyl adjacent to an activating group) is 1. The molecule has 2 unspecified atom stereocenters. The highest BCUT2D eigenvalue weighted by molar-refractivity contribution is 9.11. The number of amides is 1. The van der Waals surface area contributed by atoms with E-state index in [1.54, 1.807) is 22.7 Å². The molecule has 29 heavy (non-hydrogen) atoms. The zero-order valence-electron chi connectivity index (χ0n) is 15.4. The van der Waals surface area contributed by atoms with Gasteiger partial charge < -0.3 is 15.0 Å². The molecule has 7 nitrogen and oxygen atoms in total. The van der Waals surface area contributed by atoms with Gasteiger partial charge in [0.05, 0.1) is 30.4 Å². The van der Waals surface area contributed by atoms with Crippen LogP contribution in [0.5, 0.6) is 0 Å². The van der Waals surface area contributed by atoms with Crippen LogP contribution < -0.4 is 5.32 Å². The molecule has 154 valence electrons. The van der Waals surface area contributed by atoms with Crippen molar-refractivity contribution in [3.05, 3.63) is 41.6 Å². The van der Waals surface area contributed by atoms with Crippen molar-refractivity contribution in [2.75, 3.05) is 20.1 Å². The molecule has 2 aliphatic heterocycles. The average molecular weight is 562 g/mol. The molecule has 2 atom stereocenters. The van der Waals surface area contributed by atoms with Gasteiger partial charge in [0.2, 0.25) is 5.91 Å². The van der Waals surface area contributed by atoms with E-state index in [1.165, 1.54) is 0 Å². The van der Waals surface area contributed by atoms with Crippen LogP contribution in [0.25, 0.3) is 0 Å². The quantitative estimate of drug-likeness (QED) is 0.554. The van der Waals surface area contributed by atoms with Crippen molar-refractivity contribution in [1.29, 1.82) is 0 Å². The Labute approximate surface area is 193 Å². The Bertz CT molecular complexity index is 959. The highest BCUT2D eigenvalue weighted by Crippen LogP contribution is 2.28. The maximum absolute atomic E-state index is 12.3. The lowest BCUT2D eigenvalue weighted by Crippen LogP contribution is -2.42. The molecule has 2 aliphatic rings. The largest absolute Gasteiger partial charge is 0.390 e. The highest BCUT2D eigenvalue weighted by atomic mass is 79.9. The van der Waals surface area contributed by atoms with E-state index >= 15 is 0 Å². The minimum absolute atomic E-state index is 0.0839. The van der Waals surface area contributed by atoms with Crippen molar-refractivity contribution in [2.45, 2.75) is 25.2 Å². The van der Waals surface area contributed by atoms with E-state index in [-0.39, 0.29) is 24.8 Å². The lowest BCUT2D eigenvalue weighted by molar-refractivity contribution is -0.125. The predicted octanol–water partition coefficient (Wildman–Crippen LogP) is 4.03. The lowest BCUT2D eigenvalue weighted by Gasteiger charge is -2.21. The van der Waals surface area contributed by atoms with Gasteiger partial charge in [0.25, 0.3) is 0 Å². The number of carbonyl (C=O) groups excluding carboxylic acids is 1. The molecule has 0 aliphatic carbocycles. The van der Waals surface area contributed by atoms with Crippen molar-refractivity contribution in [3.8, 4) is 0 Å². The minimum Gasteiger partial charge on any atom is -0.390 e. The zero-order chi connectivity index (χ0) is 20.4. The van der Waals surface area contributed by atoms with E-state index in [2.05, 4.69) is 47.5 Å². The van der Waals surface area contributed by atoms with E-state index < -0.39 is 0 Å². The maximum Gasteiger partial charge on any atom is 0.234 e. The number of nitrogens with one attached hydrogen (secondary N) is 1. The number of hydrogen-bond acceptors (Lipinski definition) is 8. The first-order valence-electron chi connectivity index (χ1n) is 8.91. The summed E-state index contributed by atoms with van der Waals surface area (Å²) in [5, 5.41) is 11.2. The molecule has 0 spiro atoms. The molecule has 0 fully saturated rings. The van der Waals surface area contributed by atoms with Gasteiger partial charge in [0, 0.05) is 12.8 Å². The number of carbonyl (C=O) groups is 1. The first kappa shape index (κ1) is 21.0. The second kappa shape index (κ2) is 9.25. The molecule has 4 heterocycles. The van der Waals surface area contributed by atoms with Crippen LogP contribution in [0.3, 0.4) is 0 Å².